The fraction of sp³-hybridized carbons (Fsp3) is 0.227. The Morgan fingerprint density at radius 1 is 1.17 bits per heavy atom. The van der Waals surface area contributed by atoms with E-state index in [2.05, 4.69) is 5.32 Å². The molecule has 2 aromatic rings. The van der Waals surface area contributed by atoms with Gasteiger partial charge < -0.3 is 15.2 Å². The van der Waals surface area contributed by atoms with Gasteiger partial charge in [0.15, 0.2) is 11.5 Å². The highest BCUT2D eigenvalue weighted by Gasteiger charge is 2.43. The molecule has 2 amide bonds. The lowest BCUT2D eigenvalue weighted by molar-refractivity contribution is -0.118. The Labute approximate surface area is 168 Å². The van der Waals surface area contributed by atoms with Gasteiger partial charge in [0, 0.05) is 24.7 Å². The molecule has 1 aliphatic heterocycles. The summed E-state index contributed by atoms with van der Waals surface area (Å²) in [7, 11) is 1.53. The zero-order valence-corrected chi connectivity index (χ0v) is 16.4. The van der Waals surface area contributed by atoms with Gasteiger partial charge in [-0.25, -0.2) is 0 Å². The van der Waals surface area contributed by atoms with Crippen LogP contribution in [0.15, 0.2) is 59.9 Å². The number of carbonyl (C=O) groups excluding carboxylic acids is 3. The first kappa shape index (κ1) is 20.1. The monoisotopic (exact) mass is 394 g/mol. The minimum Gasteiger partial charge on any atom is -0.503 e. The molecular weight excluding hydrogens is 372 g/mol. The summed E-state index contributed by atoms with van der Waals surface area (Å²) in [6.45, 7) is 3.09. The minimum absolute atomic E-state index is 0.0664. The van der Waals surface area contributed by atoms with Gasteiger partial charge >= 0.3 is 0 Å². The van der Waals surface area contributed by atoms with Crippen molar-refractivity contribution in [3.8, 4) is 5.75 Å². The van der Waals surface area contributed by atoms with E-state index in [0.717, 1.165) is 0 Å². The topological polar surface area (TPSA) is 95.9 Å². The van der Waals surface area contributed by atoms with Crippen LogP contribution in [0.3, 0.4) is 0 Å². The first-order chi connectivity index (χ1) is 13.9. The van der Waals surface area contributed by atoms with Crippen molar-refractivity contribution in [3.05, 3.63) is 65.4 Å². The molecule has 150 valence electrons. The molecule has 1 unspecified atom stereocenters. The summed E-state index contributed by atoms with van der Waals surface area (Å²) in [4.78, 5) is 38.1. The van der Waals surface area contributed by atoms with E-state index in [-0.39, 0.29) is 23.7 Å². The predicted octanol–water partition coefficient (Wildman–Crippen LogP) is 3.53. The standard InChI is InChI=1S/C22H22N2O5/c1-4-18(26)19-20(14-6-5-7-17(12-14)29-3)24(22(28)21(19)27)16-10-8-15(9-11-16)23-13(2)25/h5-12,20,27H,4H2,1-3H3,(H,23,25). The third-order valence-electron chi connectivity index (χ3n) is 4.71. The van der Waals surface area contributed by atoms with E-state index < -0.39 is 17.7 Å². The summed E-state index contributed by atoms with van der Waals surface area (Å²) in [6.07, 6.45) is 0.155. The van der Waals surface area contributed by atoms with E-state index in [9.17, 15) is 19.5 Å². The van der Waals surface area contributed by atoms with Crippen LogP contribution in [-0.4, -0.2) is 29.8 Å². The average Bonchev–Trinajstić information content (AvgIpc) is 2.98. The van der Waals surface area contributed by atoms with Crippen LogP contribution in [0.25, 0.3) is 0 Å². The lowest BCUT2D eigenvalue weighted by Gasteiger charge is -2.27. The smallest absolute Gasteiger partial charge is 0.294 e. The molecule has 0 radical (unpaired) electrons. The van der Waals surface area contributed by atoms with Crippen molar-refractivity contribution in [2.24, 2.45) is 0 Å². The molecule has 1 atom stereocenters. The van der Waals surface area contributed by atoms with Gasteiger partial charge in [-0.1, -0.05) is 19.1 Å². The van der Waals surface area contributed by atoms with Gasteiger partial charge in [0.2, 0.25) is 5.91 Å². The Balaban J connectivity index is 2.10. The molecular formula is C22H22N2O5. The summed E-state index contributed by atoms with van der Waals surface area (Å²) in [5.41, 5.74) is 1.77. The maximum atomic E-state index is 12.9. The zero-order valence-electron chi connectivity index (χ0n) is 16.4. The molecule has 0 saturated carbocycles. The van der Waals surface area contributed by atoms with Crippen LogP contribution in [0.1, 0.15) is 31.9 Å². The fourth-order valence-electron chi connectivity index (χ4n) is 3.38. The third-order valence-corrected chi connectivity index (χ3v) is 4.71. The molecule has 0 aliphatic carbocycles. The van der Waals surface area contributed by atoms with E-state index in [1.54, 1.807) is 55.5 Å². The van der Waals surface area contributed by atoms with Crippen LogP contribution < -0.4 is 15.0 Å². The highest BCUT2D eigenvalue weighted by atomic mass is 16.5. The van der Waals surface area contributed by atoms with Crippen molar-refractivity contribution in [2.75, 3.05) is 17.3 Å². The molecule has 0 aromatic heterocycles. The van der Waals surface area contributed by atoms with E-state index in [1.807, 2.05) is 0 Å². The number of hydrogen-bond donors (Lipinski definition) is 2. The van der Waals surface area contributed by atoms with Gasteiger partial charge in [-0.2, -0.15) is 0 Å². The number of anilines is 2. The quantitative estimate of drug-likeness (QED) is 0.781. The second-order valence-electron chi connectivity index (χ2n) is 6.62. The van der Waals surface area contributed by atoms with Gasteiger partial charge in [-0.05, 0) is 42.0 Å². The van der Waals surface area contributed by atoms with Crippen molar-refractivity contribution in [1.82, 2.24) is 0 Å². The number of nitrogens with one attached hydrogen (secondary N) is 1. The molecule has 1 heterocycles. The molecule has 2 aromatic carbocycles. The number of Topliss-reactive ketones (excluding diaryl/α,β-unsaturated/α-hetero) is 1. The van der Waals surface area contributed by atoms with Gasteiger partial charge in [0.25, 0.3) is 5.91 Å². The molecule has 7 heteroatoms. The van der Waals surface area contributed by atoms with E-state index in [4.69, 9.17) is 4.74 Å². The highest BCUT2D eigenvalue weighted by Crippen LogP contribution is 2.42. The number of methoxy groups -OCH3 is 1. The Morgan fingerprint density at radius 3 is 2.45 bits per heavy atom. The Hall–Kier alpha value is -3.61. The average molecular weight is 394 g/mol. The number of rotatable bonds is 6. The molecule has 0 saturated heterocycles. The van der Waals surface area contributed by atoms with Crippen LogP contribution in [0, 0.1) is 0 Å². The normalized spacial score (nSPS) is 16.2. The maximum absolute atomic E-state index is 12.9. The number of hydrogen-bond acceptors (Lipinski definition) is 5. The summed E-state index contributed by atoms with van der Waals surface area (Å²) in [6, 6.07) is 12.9. The number of ether oxygens (including phenoxy) is 1. The Bertz CT molecular complexity index is 995. The van der Waals surface area contributed by atoms with Crippen LogP contribution in [-0.2, 0) is 14.4 Å². The summed E-state index contributed by atoms with van der Waals surface area (Å²) >= 11 is 0. The number of aliphatic hydroxyl groups excluding tert-OH is 1. The number of aliphatic hydroxyl groups is 1. The van der Waals surface area contributed by atoms with Crippen molar-refractivity contribution in [2.45, 2.75) is 26.3 Å². The van der Waals surface area contributed by atoms with E-state index in [1.165, 1.54) is 18.9 Å². The van der Waals surface area contributed by atoms with Gasteiger partial charge in [0.1, 0.15) is 5.75 Å². The van der Waals surface area contributed by atoms with Crippen LogP contribution in [0.2, 0.25) is 0 Å². The zero-order chi connectivity index (χ0) is 21.1. The molecule has 0 spiro atoms. The van der Waals surface area contributed by atoms with Crippen LogP contribution >= 0.6 is 0 Å². The molecule has 0 bridgehead atoms. The lowest BCUT2D eigenvalue weighted by Crippen LogP contribution is -2.31. The highest BCUT2D eigenvalue weighted by molar-refractivity contribution is 6.16. The molecule has 3 rings (SSSR count). The Morgan fingerprint density at radius 2 is 1.86 bits per heavy atom. The first-order valence-corrected chi connectivity index (χ1v) is 9.18. The van der Waals surface area contributed by atoms with Gasteiger partial charge in [-0.3, -0.25) is 19.3 Å². The van der Waals surface area contributed by atoms with Crippen LogP contribution in [0.5, 0.6) is 5.75 Å². The van der Waals surface area contributed by atoms with Crippen molar-refractivity contribution < 1.29 is 24.2 Å². The summed E-state index contributed by atoms with van der Waals surface area (Å²) in [5, 5.41) is 13.2. The van der Waals surface area contributed by atoms with Gasteiger partial charge in [0.05, 0.1) is 18.7 Å². The molecule has 7 nitrogen and oxygen atoms in total. The lowest BCUT2D eigenvalue weighted by atomic mass is 9.94. The van der Waals surface area contributed by atoms with Gasteiger partial charge in [-0.15, -0.1) is 0 Å². The number of nitrogens with zero attached hydrogens (tertiary/aromatic N) is 1. The second kappa shape index (κ2) is 8.18. The molecule has 1 aliphatic rings. The van der Waals surface area contributed by atoms with Crippen molar-refractivity contribution in [1.29, 1.82) is 0 Å². The Kier molecular flexibility index (Phi) is 5.68. The number of carbonyl (C=O) groups is 3. The van der Waals surface area contributed by atoms with Crippen LogP contribution in [0.4, 0.5) is 11.4 Å². The summed E-state index contributed by atoms with van der Waals surface area (Å²) < 4.78 is 5.28. The van der Waals surface area contributed by atoms with E-state index in [0.29, 0.717) is 22.7 Å². The largest absolute Gasteiger partial charge is 0.503 e. The predicted molar refractivity (Wildman–Crippen MR) is 109 cm³/mol. The molecule has 2 N–H and O–H groups in total. The second-order valence-corrected chi connectivity index (χ2v) is 6.62. The maximum Gasteiger partial charge on any atom is 0.294 e. The third kappa shape index (κ3) is 3.85. The molecule has 29 heavy (non-hydrogen) atoms. The first-order valence-electron chi connectivity index (χ1n) is 9.18. The number of amides is 2. The van der Waals surface area contributed by atoms with E-state index >= 15 is 0 Å². The van der Waals surface area contributed by atoms with Crippen molar-refractivity contribution >= 4 is 29.0 Å². The fourth-order valence-corrected chi connectivity index (χ4v) is 3.38. The number of benzene rings is 2. The molecule has 0 fully saturated rings. The SMILES string of the molecule is CCC(=O)C1=C(O)C(=O)N(c2ccc(NC(C)=O)cc2)C1c1cccc(OC)c1. The summed E-state index contributed by atoms with van der Waals surface area (Å²) in [5.74, 6) is -1.14. The van der Waals surface area contributed by atoms with Crippen molar-refractivity contribution in [3.63, 3.8) is 0 Å². The number of ketones is 1. The minimum atomic E-state index is -0.781.